The fourth-order valence-corrected chi connectivity index (χ4v) is 2.15. The van der Waals surface area contributed by atoms with Crippen molar-refractivity contribution in [3.05, 3.63) is 35.6 Å². The zero-order valence-electron chi connectivity index (χ0n) is 9.58. The van der Waals surface area contributed by atoms with Crippen molar-refractivity contribution in [1.29, 1.82) is 0 Å². The Labute approximate surface area is 99.7 Å². The van der Waals surface area contributed by atoms with Crippen LogP contribution in [0, 0.1) is 11.2 Å². The number of hydrogen-bond acceptors (Lipinski definition) is 2. The molecule has 92 valence electrons. The third-order valence-electron chi connectivity index (χ3n) is 3.50. The molecule has 0 saturated heterocycles. The molecule has 1 aromatic rings. The Morgan fingerprint density at radius 2 is 2.12 bits per heavy atom. The van der Waals surface area contributed by atoms with E-state index in [0.29, 0.717) is 31.5 Å². The lowest BCUT2D eigenvalue weighted by Crippen LogP contribution is -2.46. The molecule has 1 aliphatic carbocycles. The highest BCUT2D eigenvalue weighted by Crippen LogP contribution is 2.40. The minimum absolute atomic E-state index is 0.252. The van der Waals surface area contributed by atoms with Crippen LogP contribution < -0.4 is 5.32 Å². The van der Waals surface area contributed by atoms with Crippen molar-refractivity contribution in [3.8, 4) is 0 Å². The van der Waals surface area contributed by atoms with Crippen LogP contribution in [0.2, 0.25) is 0 Å². The van der Waals surface area contributed by atoms with E-state index in [2.05, 4.69) is 5.32 Å². The first-order chi connectivity index (χ1) is 8.14. The van der Waals surface area contributed by atoms with Crippen molar-refractivity contribution in [1.82, 2.24) is 5.32 Å². The maximum absolute atomic E-state index is 13.3. The largest absolute Gasteiger partial charge is 0.481 e. The molecule has 17 heavy (non-hydrogen) atoms. The quantitative estimate of drug-likeness (QED) is 0.825. The molecule has 0 radical (unpaired) electrons. The average Bonchev–Trinajstić information content (AvgIpc) is 2.23. The van der Waals surface area contributed by atoms with Gasteiger partial charge in [-0.25, -0.2) is 4.39 Å². The molecule has 2 N–H and O–H groups in total. The van der Waals surface area contributed by atoms with Crippen LogP contribution in [0.15, 0.2) is 24.3 Å². The summed E-state index contributed by atoms with van der Waals surface area (Å²) in [5.41, 5.74) is -0.0435. The molecule has 1 saturated carbocycles. The molecule has 0 bridgehead atoms. The van der Waals surface area contributed by atoms with Crippen molar-refractivity contribution in [2.45, 2.75) is 25.8 Å². The maximum atomic E-state index is 13.3. The van der Waals surface area contributed by atoms with E-state index in [9.17, 15) is 9.18 Å². The minimum Gasteiger partial charge on any atom is -0.481 e. The SMILES string of the molecule is O=C(O)C1(CNCc2ccccc2F)CCC1. The zero-order valence-corrected chi connectivity index (χ0v) is 9.58. The van der Waals surface area contributed by atoms with Gasteiger partial charge in [0.15, 0.2) is 0 Å². The third kappa shape index (κ3) is 2.47. The summed E-state index contributed by atoms with van der Waals surface area (Å²) in [6, 6.07) is 6.53. The standard InChI is InChI=1S/C13H16FNO2/c14-11-5-2-1-4-10(11)8-15-9-13(12(16)17)6-3-7-13/h1-2,4-5,15H,3,6-9H2,(H,16,17). The summed E-state index contributed by atoms with van der Waals surface area (Å²) in [7, 11) is 0. The molecule has 1 aliphatic rings. The van der Waals surface area contributed by atoms with Crippen LogP contribution in [-0.2, 0) is 11.3 Å². The Bertz CT molecular complexity index is 416. The van der Waals surface area contributed by atoms with Gasteiger partial charge in [-0.1, -0.05) is 24.6 Å². The van der Waals surface area contributed by atoms with Gasteiger partial charge < -0.3 is 10.4 Å². The molecular weight excluding hydrogens is 221 g/mol. The first-order valence-electron chi connectivity index (χ1n) is 5.82. The predicted octanol–water partition coefficient (Wildman–Crippen LogP) is 2.17. The Kier molecular flexibility index (Phi) is 3.43. The number of benzene rings is 1. The monoisotopic (exact) mass is 237 g/mol. The predicted molar refractivity (Wildman–Crippen MR) is 62.0 cm³/mol. The van der Waals surface area contributed by atoms with Crippen LogP contribution in [0.4, 0.5) is 4.39 Å². The Hall–Kier alpha value is -1.42. The van der Waals surface area contributed by atoms with Crippen LogP contribution in [0.5, 0.6) is 0 Å². The summed E-state index contributed by atoms with van der Waals surface area (Å²) in [6.07, 6.45) is 2.40. The fourth-order valence-electron chi connectivity index (χ4n) is 2.15. The van der Waals surface area contributed by atoms with Crippen LogP contribution in [0.1, 0.15) is 24.8 Å². The first kappa shape index (κ1) is 12.0. The Morgan fingerprint density at radius 3 is 2.65 bits per heavy atom. The second-order valence-electron chi connectivity index (χ2n) is 4.63. The van der Waals surface area contributed by atoms with E-state index in [1.807, 2.05) is 0 Å². The molecule has 0 aromatic heterocycles. The summed E-state index contributed by atoms with van der Waals surface area (Å²) < 4.78 is 13.3. The zero-order chi connectivity index (χ0) is 12.3. The lowest BCUT2D eigenvalue weighted by molar-refractivity contribution is -0.154. The van der Waals surface area contributed by atoms with Gasteiger partial charge in [-0.05, 0) is 18.9 Å². The van der Waals surface area contributed by atoms with Gasteiger partial charge in [0.2, 0.25) is 0 Å². The summed E-state index contributed by atoms with van der Waals surface area (Å²) in [6.45, 7) is 0.790. The second kappa shape index (κ2) is 4.84. The number of hydrogen-bond donors (Lipinski definition) is 2. The van der Waals surface area contributed by atoms with Crippen molar-refractivity contribution in [2.24, 2.45) is 5.41 Å². The van der Waals surface area contributed by atoms with E-state index in [1.54, 1.807) is 18.2 Å². The number of carboxylic acids is 1. The van der Waals surface area contributed by atoms with Crippen molar-refractivity contribution >= 4 is 5.97 Å². The number of nitrogens with one attached hydrogen (secondary N) is 1. The smallest absolute Gasteiger partial charge is 0.310 e. The third-order valence-corrected chi connectivity index (χ3v) is 3.50. The molecule has 0 heterocycles. The van der Waals surface area contributed by atoms with Gasteiger partial charge in [0, 0.05) is 18.7 Å². The van der Waals surface area contributed by atoms with Crippen LogP contribution >= 0.6 is 0 Å². The van der Waals surface area contributed by atoms with E-state index in [1.165, 1.54) is 6.07 Å². The molecule has 0 amide bonds. The molecule has 0 spiro atoms. The molecule has 1 aromatic carbocycles. The van der Waals surface area contributed by atoms with Gasteiger partial charge in [-0.2, -0.15) is 0 Å². The minimum atomic E-state index is -0.746. The molecule has 3 nitrogen and oxygen atoms in total. The first-order valence-corrected chi connectivity index (χ1v) is 5.82. The number of halogens is 1. The van der Waals surface area contributed by atoms with Crippen molar-refractivity contribution < 1.29 is 14.3 Å². The van der Waals surface area contributed by atoms with E-state index < -0.39 is 11.4 Å². The molecule has 2 rings (SSSR count). The fraction of sp³-hybridized carbons (Fsp3) is 0.462. The van der Waals surface area contributed by atoms with Gasteiger partial charge in [0.05, 0.1) is 5.41 Å². The number of aliphatic carboxylic acids is 1. The van der Waals surface area contributed by atoms with Crippen LogP contribution in [-0.4, -0.2) is 17.6 Å². The molecule has 0 aliphatic heterocycles. The maximum Gasteiger partial charge on any atom is 0.310 e. The second-order valence-corrected chi connectivity index (χ2v) is 4.63. The number of carbonyl (C=O) groups is 1. The lowest BCUT2D eigenvalue weighted by atomic mass is 9.69. The van der Waals surface area contributed by atoms with Crippen LogP contribution in [0.3, 0.4) is 0 Å². The highest BCUT2D eigenvalue weighted by Gasteiger charge is 2.43. The summed E-state index contributed by atoms with van der Waals surface area (Å²) in [4.78, 5) is 11.1. The molecule has 1 fully saturated rings. The highest BCUT2D eigenvalue weighted by atomic mass is 19.1. The topological polar surface area (TPSA) is 49.3 Å². The van der Waals surface area contributed by atoms with Crippen LogP contribution in [0.25, 0.3) is 0 Å². The summed E-state index contributed by atoms with van der Waals surface area (Å²) in [5, 5.41) is 12.2. The number of rotatable bonds is 5. The van der Waals surface area contributed by atoms with E-state index in [-0.39, 0.29) is 5.82 Å². The number of carboxylic acid groups (broad SMARTS) is 1. The van der Waals surface area contributed by atoms with E-state index in [0.717, 1.165) is 6.42 Å². The van der Waals surface area contributed by atoms with E-state index >= 15 is 0 Å². The van der Waals surface area contributed by atoms with Gasteiger partial charge >= 0.3 is 5.97 Å². The highest BCUT2D eigenvalue weighted by molar-refractivity contribution is 5.76. The Morgan fingerprint density at radius 1 is 1.41 bits per heavy atom. The normalized spacial score (nSPS) is 17.5. The van der Waals surface area contributed by atoms with Crippen molar-refractivity contribution in [2.75, 3.05) is 6.54 Å². The van der Waals surface area contributed by atoms with Gasteiger partial charge in [0.25, 0.3) is 0 Å². The van der Waals surface area contributed by atoms with Gasteiger partial charge in [0.1, 0.15) is 5.82 Å². The summed E-state index contributed by atoms with van der Waals surface area (Å²) >= 11 is 0. The molecule has 0 atom stereocenters. The lowest BCUT2D eigenvalue weighted by Gasteiger charge is -2.37. The Balaban J connectivity index is 1.88. The molecule has 4 heteroatoms. The van der Waals surface area contributed by atoms with Crippen molar-refractivity contribution in [3.63, 3.8) is 0 Å². The average molecular weight is 237 g/mol. The van der Waals surface area contributed by atoms with E-state index in [4.69, 9.17) is 5.11 Å². The van der Waals surface area contributed by atoms with Gasteiger partial charge in [-0.15, -0.1) is 0 Å². The summed E-state index contributed by atoms with van der Waals surface area (Å²) in [5.74, 6) is -0.997. The molecule has 0 unspecified atom stereocenters. The molecular formula is C13H16FNO2. The van der Waals surface area contributed by atoms with Gasteiger partial charge in [-0.3, -0.25) is 4.79 Å².